The van der Waals surface area contributed by atoms with Gasteiger partial charge in [-0.15, -0.1) is 0 Å². The second-order valence-electron chi connectivity index (χ2n) is 3.03. The maximum atomic E-state index is 13.2. The van der Waals surface area contributed by atoms with Gasteiger partial charge in [0.1, 0.15) is 5.82 Å². The Kier molecular flexibility index (Phi) is 2.66. The first kappa shape index (κ1) is 9.71. The first-order valence-electron chi connectivity index (χ1n) is 4.02. The number of halogens is 1. The summed E-state index contributed by atoms with van der Waals surface area (Å²) in [7, 11) is 0. The fourth-order valence-electron chi connectivity index (χ4n) is 1.32. The molecule has 0 saturated heterocycles. The normalized spacial score (nSPS) is 12.5. The van der Waals surface area contributed by atoms with Crippen molar-refractivity contribution in [3.63, 3.8) is 0 Å². The summed E-state index contributed by atoms with van der Waals surface area (Å²) in [5.41, 5.74) is 0.949. The van der Waals surface area contributed by atoms with E-state index in [1.807, 2.05) is 0 Å². The molecule has 2 nitrogen and oxygen atoms in total. The van der Waals surface area contributed by atoms with Crippen LogP contribution in [0.2, 0.25) is 0 Å². The fraction of sp³-hybridized carbons (Fsp3) is 0.300. The van der Waals surface area contributed by atoms with Gasteiger partial charge < -0.3 is 5.11 Å². The van der Waals surface area contributed by atoms with Crippen LogP contribution in [0.25, 0.3) is 0 Å². The predicted octanol–water partition coefficient (Wildman–Crippen LogP) is 2.32. The van der Waals surface area contributed by atoms with Crippen molar-refractivity contribution in [3.8, 4) is 0 Å². The summed E-state index contributed by atoms with van der Waals surface area (Å²) in [5, 5.41) is 8.72. The molecule has 0 aliphatic carbocycles. The molecular weight excluding hydrogens is 171 g/mol. The van der Waals surface area contributed by atoms with Crippen LogP contribution in [0.1, 0.15) is 24.0 Å². The number of benzene rings is 1. The first-order valence-corrected chi connectivity index (χ1v) is 4.02. The summed E-state index contributed by atoms with van der Waals surface area (Å²) in [6.45, 7) is 3.19. The lowest BCUT2D eigenvalue weighted by Crippen LogP contribution is -2.10. The molecule has 1 atom stereocenters. The summed E-state index contributed by atoms with van der Waals surface area (Å²) in [6.07, 6.45) is 0. The van der Waals surface area contributed by atoms with Gasteiger partial charge >= 0.3 is 5.97 Å². The lowest BCUT2D eigenvalue weighted by molar-refractivity contribution is -0.138. The molecule has 0 fully saturated rings. The number of carboxylic acid groups (broad SMARTS) is 1. The number of hydrogen-bond acceptors (Lipinski definition) is 1. The number of aliphatic carboxylic acids is 1. The molecular formula is C10H11FO2. The van der Waals surface area contributed by atoms with Gasteiger partial charge in [0.2, 0.25) is 0 Å². The van der Waals surface area contributed by atoms with Gasteiger partial charge in [-0.25, -0.2) is 4.39 Å². The fourth-order valence-corrected chi connectivity index (χ4v) is 1.32. The van der Waals surface area contributed by atoms with E-state index in [4.69, 9.17) is 5.11 Å². The molecule has 1 aromatic rings. The quantitative estimate of drug-likeness (QED) is 0.762. The Morgan fingerprint density at radius 2 is 2.15 bits per heavy atom. The van der Waals surface area contributed by atoms with E-state index in [1.165, 1.54) is 13.0 Å². The minimum absolute atomic E-state index is 0.273. The molecule has 0 saturated carbocycles. The van der Waals surface area contributed by atoms with E-state index in [1.54, 1.807) is 19.1 Å². The molecule has 0 aliphatic heterocycles. The van der Waals surface area contributed by atoms with Gasteiger partial charge in [0.25, 0.3) is 0 Å². The molecule has 0 amide bonds. The van der Waals surface area contributed by atoms with Crippen molar-refractivity contribution in [2.45, 2.75) is 19.8 Å². The van der Waals surface area contributed by atoms with Crippen LogP contribution in [-0.2, 0) is 4.79 Å². The summed E-state index contributed by atoms with van der Waals surface area (Å²) in [5.74, 6) is -2.25. The monoisotopic (exact) mass is 182 g/mol. The van der Waals surface area contributed by atoms with E-state index in [0.717, 1.165) is 0 Å². The van der Waals surface area contributed by atoms with Gasteiger partial charge in [0, 0.05) is 5.56 Å². The molecule has 0 aromatic heterocycles. The SMILES string of the molecule is Cc1cccc(F)c1C(C)C(=O)O. The Hall–Kier alpha value is -1.38. The maximum Gasteiger partial charge on any atom is 0.310 e. The van der Waals surface area contributed by atoms with Crippen molar-refractivity contribution in [2.24, 2.45) is 0 Å². The van der Waals surface area contributed by atoms with Gasteiger partial charge in [-0.3, -0.25) is 4.79 Å². The van der Waals surface area contributed by atoms with Crippen molar-refractivity contribution < 1.29 is 14.3 Å². The highest BCUT2D eigenvalue weighted by atomic mass is 19.1. The number of carboxylic acids is 1. The highest BCUT2D eigenvalue weighted by Gasteiger charge is 2.19. The molecule has 1 rings (SSSR count). The maximum absolute atomic E-state index is 13.2. The van der Waals surface area contributed by atoms with E-state index in [9.17, 15) is 9.18 Å². The zero-order chi connectivity index (χ0) is 10.0. The Bertz CT molecular complexity index is 313. The smallest absolute Gasteiger partial charge is 0.310 e. The standard InChI is InChI=1S/C10H11FO2/c1-6-4-3-5-8(11)9(6)7(2)10(12)13/h3-5,7H,1-2H3,(H,12,13). The summed E-state index contributed by atoms with van der Waals surface area (Å²) in [6, 6.07) is 4.56. The number of aryl methyl sites for hydroxylation is 1. The molecule has 1 N–H and O–H groups in total. The molecule has 0 spiro atoms. The zero-order valence-corrected chi connectivity index (χ0v) is 7.54. The van der Waals surface area contributed by atoms with Gasteiger partial charge in [-0.2, -0.15) is 0 Å². The predicted molar refractivity (Wildman–Crippen MR) is 47.2 cm³/mol. The molecule has 0 radical (unpaired) electrons. The highest BCUT2D eigenvalue weighted by molar-refractivity contribution is 5.76. The molecule has 0 bridgehead atoms. The lowest BCUT2D eigenvalue weighted by atomic mass is 9.96. The summed E-state index contributed by atoms with van der Waals surface area (Å²) >= 11 is 0. The molecule has 70 valence electrons. The third kappa shape index (κ3) is 1.86. The van der Waals surface area contributed by atoms with Gasteiger partial charge in [0.15, 0.2) is 0 Å². The van der Waals surface area contributed by atoms with Crippen molar-refractivity contribution >= 4 is 5.97 Å². The zero-order valence-electron chi connectivity index (χ0n) is 7.54. The van der Waals surface area contributed by atoms with Crippen molar-refractivity contribution in [1.29, 1.82) is 0 Å². The van der Waals surface area contributed by atoms with Crippen molar-refractivity contribution in [2.75, 3.05) is 0 Å². The van der Waals surface area contributed by atoms with Gasteiger partial charge in [-0.05, 0) is 25.5 Å². The Balaban J connectivity index is 3.20. The molecule has 0 heterocycles. The van der Waals surface area contributed by atoms with Crippen LogP contribution in [-0.4, -0.2) is 11.1 Å². The van der Waals surface area contributed by atoms with Crippen LogP contribution in [0.4, 0.5) is 4.39 Å². The summed E-state index contributed by atoms with van der Waals surface area (Å²) in [4.78, 5) is 10.6. The van der Waals surface area contributed by atoms with Gasteiger partial charge in [-0.1, -0.05) is 12.1 Å². The van der Waals surface area contributed by atoms with Crippen LogP contribution < -0.4 is 0 Å². The minimum Gasteiger partial charge on any atom is -0.481 e. The number of rotatable bonds is 2. The number of hydrogen-bond donors (Lipinski definition) is 1. The van der Waals surface area contributed by atoms with E-state index >= 15 is 0 Å². The summed E-state index contributed by atoms with van der Waals surface area (Å²) < 4.78 is 13.2. The second-order valence-corrected chi connectivity index (χ2v) is 3.03. The third-order valence-corrected chi connectivity index (χ3v) is 2.07. The largest absolute Gasteiger partial charge is 0.481 e. The van der Waals surface area contributed by atoms with E-state index in [2.05, 4.69) is 0 Å². The molecule has 3 heteroatoms. The van der Waals surface area contributed by atoms with Crippen molar-refractivity contribution in [3.05, 3.63) is 35.1 Å². The Morgan fingerprint density at radius 1 is 1.54 bits per heavy atom. The molecule has 0 aliphatic rings. The topological polar surface area (TPSA) is 37.3 Å². The minimum atomic E-state index is -1.01. The van der Waals surface area contributed by atoms with Gasteiger partial charge in [0.05, 0.1) is 5.92 Å². The van der Waals surface area contributed by atoms with Crippen LogP contribution in [0, 0.1) is 12.7 Å². The second kappa shape index (κ2) is 3.56. The van der Waals surface area contributed by atoms with Crippen LogP contribution in [0.3, 0.4) is 0 Å². The molecule has 1 aromatic carbocycles. The van der Waals surface area contributed by atoms with E-state index in [-0.39, 0.29) is 5.56 Å². The van der Waals surface area contributed by atoms with Crippen LogP contribution in [0.15, 0.2) is 18.2 Å². The van der Waals surface area contributed by atoms with Crippen molar-refractivity contribution in [1.82, 2.24) is 0 Å². The third-order valence-electron chi connectivity index (χ3n) is 2.07. The van der Waals surface area contributed by atoms with E-state index in [0.29, 0.717) is 5.56 Å². The Morgan fingerprint density at radius 3 is 2.62 bits per heavy atom. The lowest BCUT2D eigenvalue weighted by Gasteiger charge is -2.10. The number of carbonyl (C=O) groups is 1. The molecule has 13 heavy (non-hydrogen) atoms. The average Bonchev–Trinajstić information content (AvgIpc) is 2.03. The Labute approximate surface area is 76.0 Å². The molecule has 1 unspecified atom stereocenters. The van der Waals surface area contributed by atoms with Crippen LogP contribution >= 0.6 is 0 Å². The average molecular weight is 182 g/mol. The van der Waals surface area contributed by atoms with Crippen LogP contribution in [0.5, 0.6) is 0 Å². The highest BCUT2D eigenvalue weighted by Crippen LogP contribution is 2.22. The first-order chi connectivity index (χ1) is 6.04. The van der Waals surface area contributed by atoms with E-state index < -0.39 is 17.7 Å².